The lowest BCUT2D eigenvalue weighted by molar-refractivity contribution is 0.475. The Hall–Kier alpha value is -1.22. The molecule has 2 heterocycles. The van der Waals surface area contributed by atoms with Gasteiger partial charge in [0, 0.05) is 16.9 Å². The van der Waals surface area contributed by atoms with Crippen molar-refractivity contribution < 1.29 is 5.11 Å². The van der Waals surface area contributed by atoms with Crippen LogP contribution in [0.5, 0.6) is 5.75 Å². The van der Waals surface area contributed by atoms with Crippen LogP contribution in [0.4, 0.5) is 5.69 Å². The molecule has 0 radical (unpaired) electrons. The van der Waals surface area contributed by atoms with Crippen LogP contribution in [0.2, 0.25) is 0 Å². The third-order valence-electron chi connectivity index (χ3n) is 2.23. The van der Waals surface area contributed by atoms with Crippen molar-refractivity contribution in [3.8, 4) is 5.75 Å². The number of aromatic hydroxyl groups is 1. The molecule has 1 aromatic carbocycles. The van der Waals surface area contributed by atoms with Crippen molar-refractivity contribution in [1.82, 2.24) is 0 Å². The third-order valence-corrected chi connectivity index (χ3v) is 3.15. The summed E-state index contributed by atoms with van der Waals surface area (Å²) < 4.78 is 0. The van der Waals surface area contributed by atoms with Crippen molar-refractivity contribution >= 4 is 28.1 Å². The van der Waals surface area contributed by atoms with Crippen LogP contribution in [0.1, 0.15) is 5.56 Å². The molecule has 0 aliphatic carbocycles. The topological polar surface area (TPSA) is 32.6 Å². The second-order valence-corrected chi connectivity index (χ2v) is 4.06. The Morgan fingerprint density at radius 1 is 1.38 bits per heavy atom. The smallest absolute Gasteiger partial charge is 0.116 e. The number of hydrogen-bond donors (Lipinski definition) is 1. The van der Waals surface area contributed by atoms with Crippen LogP contribution in [-0.4, -0.2) is 15.9 Å². The molecule has 0 fully saturated rings. The lowest BCUT2D eigenvalue weighted by atomic mass is 10.1. The summed E-state index contributed by atoms with van der Waals surface area (Å²) in [5, 5.41) is 10.4. The van der Waals surface area contributed by atoms with E-state index < -0.39 is 0 Å². The first-order valence-corrected chi connectivity index (χ1v) is 5.08. The molecule has 1 aromatic rings. The Labute approximate surface area is 80.0 Å². The third kappa shape index (κ3) is 0.937. The molecule has 2 aliphatic rings. The summed E-state index contributed by atoms with van der Waals surface area (Å²) in [6.07, 6.45) is 2.16. The Kier molecular flexibility index (Phi) is 1.32. The largest absolute Gasteiger partial charge is 0.508 e. The minimum atomic E-state index is 0.313. The van der Waals surface area contributed by atoms with Crippen molar-refractivity contribution in [2.24, 2.45) is 4.99 Å². The molecule has 0 unspecified atom stereocenters. The fourth-order valence-electron chi connectivity index (χ4n) is 1.63. The number of benzene rings is 1. The minimum Gasteiger partial charge on any atom is -0.508 e. The van der Waals surface area contributed by atoms with Crippen molar-refractivity contribution in [2.75, 3.05) is 5.75 Å². The highest BCUT2D eigenvalue weighted by atomic mass is 32.2. The van der Waals surface area contributed by atoms with Crippen LogP contribution in [-0.2, 0) is 0 Å². The number of nitrogens with zero attached hydrogens (tertiary/aromatic N) is 1. The standard InChI is InChI=1S/C10H7NOS/c12-6-1-2-9-8(5-6)7-3-4-13-10(7)11-9/h1-3,5,12H,4H2. The van der Waals surface area contributed by atoms with E-state index in [2.05, 4.69) is 11.1 Å². The number of aliphatic imine (C=N–C) groups is 1. The molecule has 13 heavy (non-hydrogen) atoms. The lowest BCUT2D eigenvalue weighted by Gasteiger charge is -1.98. The summed E-state index contributed by atoms with van der Waals surface area (Å²) in [5.74, 6) is 1.32. The zero-order valence-electron chi connectivity index (χ0n) is 6.82. The lowest BCUT2D eigenvalue weighted by Crippen LogP contribution is -1.82. The van der Waals surface area contributed by atoms with Gasteiger partial charge < -0.3 is 5.11 Å². The van der Waals surface area contributed by atoms with E-state index in [9.17, 15) is 5.11 Å². The van der Waals surface area contributed by atoms with E-state index in [1.807, 2.05) is 6.07 Å². The fourth-order valence-corrected chi connectivity index (χ4v) is 2.55. The first-order chi connectivity index (χ1) is 6.34. The average molecular weight is 189 g/mol. The van der Waals surface area contributed by atoms with Gasteiger partial charge in [0.05, 0.1) is 5.69 Å². The molecule has 1 N–H and O–H groups in total. The van der Waals surface area contributed by atoms with Gasteiger partial charge in [-0.05, 0) is 18.2 Å². The second kappa shape index (κ2) is 2.39. The van der Waals surface area contributed by atoms with E-state index in [4.69, 9.17) is 0 Å². The Bertz CT molecular complexity index is 448. The van der Waals surface area contributed by atoms with Gasteiger partial charge >= 0.3 is 0 Å². The zero-order valence-corrected chi connectivity index (χ0v) is 7.64. The molecule has 3 rings (SSSR count). The Morgan fingerprint density at radius 2 is 2.31 bits per heavy atom. The SMILES string of the molecule is Oc1ccc2c(c1)C1=CCSC1=N2. The number of phenols is 1. The van der Waals surface area contributed by atoms with Crippen molar-refractivity contribution in [1.29, 1.82) is 0 Å². The van der Waals surface area contributed by atoms with Crippen molar-refractivity contribution in [3.63, 3.8) is 0 Å². The zero-order chi connectivity index (χ0) is 8.84. The maximum Gasteiger partial charge on any atom is 0.116 e. The molecule has 0 bridgehead atoms. The summed E-state index contributed by atoms with van der Waals surface area (Å²) >= 11 is 1.75. The van der Waals surface area contributed by atoms with Gasteiger partial charge in [-0.25, -0.2) is 4.99 Å². The van der Waals surface area contributed by atoms with E-state index in [-0.39, 0.29) is 0 Å². The minimum absolute atomic E-state index is 0.313. The quantitative estimate of drug-likeness (QED) is 0.680. The average Bonchev–Trinajstić information content (AvgIpc) is 2.64. The van der Waals surface area contributed by atoms with E-state index >= 15 is 0 Å². The molecule has 0 saturated carbocycles. The predicted molar refractivity (Wildman–Crippen MR) is 55.6 cm³/mol. The van der Waals surface area contributed by atoms with Crippen LogP contribution in [0, 0.1) is 0 Å². The van der Waals surface area contributed by atoms with Crippen molar-refractivity contribution in [2.45, 2.75) is 0 Å². The van der Waals surface area contributed by atoms with Crippen LogP contribution < -0.4 is 0 Å². The van der Waals surface area contributed by atoms with Crippen LogP contribution >= 0.6 is 11.8 Å². The number of phenolic OH excluding ortho intramolecular Hbond substituents is 1. The van der Waals surface area contributed by atoms with Crippen LogP contribution in [0.3, 0.4) is 0 Å². The van der Waals surface area contributed by atoms with Crippen LogP contribution in [0.15, 0.2) is 29.3 Å². The van der Waals surface area contributed by atoms with Gasteiger partial charge in [0.2, 0.25) is 0 Å². The van der Waals surface area contributed by atoms with Gasteiger partial charge in [-0.15, -0.1) is 11.8 Å². The summed E-state index contributed by atoms with van der Waals surface area (Å²) in [6.45, 7) is 0. The highest BCUT2D eigenvalue weighted by Gasteiger charge is 2.24. The van der Waals surface area contributed by atoms with Gasteiger partial charge in [0.15, 0.2) is 0 Å². The van der Waals surface area contributed by atoms with Gasteiger partial charge in [-0.1, -0.05) is 6.08 Å². The number of thioether (sulfide) groups is 1. The summed E-state index contributed by atoms with van der Waals surface area (Å²) in [4.78, 5) is 4.45. The number of fused-ring (bicyclic) bond motifs is 3. The molecule has 0 atom stereocenters. The molecule has 64 valence electrons. The summed E-state index contributed by atoms with van der Waals surface area (Å²) in [7, 11) is 0. The molecular weight excluding hydrogens is 182 g/mol. The molecule has 3 heteroatoms. The molecule has 0 amide bonds. The van der Waals surface area contributed by atoms with E-state index in [1.54, 1.807) is 23.9 Å². The van der Waals surface area contributed by atoms with E-state index in [0.29, 0.717) is 5.75 Å². The highest BCUT2D eigenvalue weighted by Crippen LogP contribution is 2.43. The molecule has 2 aliphatic heterocycles. The number of rotatable bonds is 0. The molecule has 0 aromatic heterocycles. The maximum atomic E-state index is 9.33. The van der Waals surface area contributed by atoms with E-state index in [0.717, 1.165) is 22.0 Å². The van der Waals surface area contributed by atoms with E-state index in [1.165, 1.54) is 5.57 Å². The Balaban J connectivity index is 2.26. The van der Waals surface area contributed by atoms with Crippen molar-refractivity contribution in [3.05, 3.63) is 29.8 Å². The molecule has 0 saturated heterocycles. The monoisotopic (exact) mass is 189 g/mol. The molecule has 2 nitrogen and oxygen atoms in total. The van der Waals surface area contributed by atoms with Gasteiger partial charge in [0.25, 0.3) is 0 Å². The van der Waals surface area contributed by atoms with Gasteiger partial charge in [-0.2, -0.15) is 0 Å². The predicted octanol–water partition coefficient (Wildman–Crippen LogP) is 2.57. The second-order valence-electron chi connectivity index (χ2n) is 3.05. The maximum absolute atomic E-state index is 9.33. The summed E-state index contributed by atoms with van der Waals surface area (Å²) in [6, 6.07) is 5.32. The van der Waals surface area contributed by atoms with Gasteiger partial charge in [0.1, 0.15) is 10.8 Å². The number of hydrogen-bond acceptors (Lipinski definition) is 3. The van der Waals surface area contributed by atoms with Crippen LogP contribution in [0.25, 0.3) is 5.57 Å². The molecular formula is C10H7NOS. The first-order valence-electron chi connectivity index (χ1n) is 4.10. The normalized spacial score (nSPS) is 17.8. The first kappa shape index (κ1) is 7.21. The highest BCUT2D eigenvalue weighted by molar-refractivity contribution is 8.15. The molecule has 0 spiro atoms. The Morgan fingerprint density at radius 3 is 3.23 bits per heavy atom. The summed E-state index contributed by atoms with van der Waals surface area (Å²) in [5.41, 5.74) is 3.24. The fraction of sp³-hybridized carbons (Fsp3) is 0.100. The van der Waals surface area contributed by atoms with Gasteiger partial charge in [-0.3, -0.25) is 0 Å².